The van der Waals surface area contributed by atoms with Gasteiger partial charge < -0.3 is 39.6 Å². The summed E-state index contributed by atoms with van der Waals surface area (Å²) >= 11 is 8.53. The van der Waals surface area contributed by atoms with Crippen molar-refractivity contribution < 1.29 is 69.6 Å². The van der Waals surface area contributed by atoms with E-state index in [4.69, 9.17) is 39.6 Å². The van der Waals surface area contributed by atoms with Crippen LogP contribution in [0.25, 0.3) is 0 Å². The van der Waals surface area contributed by atoms with Crippen LogP contribution in [0.2, 0.25) is 0 Å². The van der Waals surface area contributed by atoms with Crippen LogP contribution in [0, 0.1) is 0 Å². The van der Waals surface area contributed by atoms with Crippen LogP contribution < -0.4 is 20.4 Å². The van der Waals surface area contributed by atoms with E-state index in [1.165, 1.54) is 0 Å². The SMILES string of the molecule is CC(=O)[O-].CC(=O)[O-].CC(=O)[O-].CC(=O)[O-].ClOCl.[Zr+4]. The number of rotatable bonds is 0. The van der Waals surface area contributed by atoms with E-state index in [1.54, 1.807) is 0 Å². The van der Waals surface area contributed by atoms with Gasteiger partial charge in [-0.25, -0.2) is 0 Å². The molecule has 0 N–H and O–H groups in total. The Hall–Kier alpha value is -0.697. The number of carbonyl (C=O) groups is 4. The molecule has 0 aromatic heterocycles. The minimum absolute atomic E-state index is 0. The average Bonchev–Trinajstić information content (AvgIpc) is 1.97. The molecular formula is C8H12Cl2O9Zr. The Kier molecular flexibility index (Phi) is 66.1. The summed E-state index contributed by atoms with van der Waals surface area (Å²) in [7, 11) is 0. The molecule has 0 rings (SSSR count). The van der Waals surface area contributed by atoms with Gasteiger partial charge in [-0.3, -0.25) is 0 Å². The third kappa shape index (κ3) is 9470. The Bertz CT molecular complexity index is 184. The van der Waals surface area contributed by atoms with Crippen LogP contribution in [0.4, 0.5) is 0 Å². The van der Waals surface area contributed by atoms with Crippen molar-refractivity contribution in [3.8, 4) is 0 Å². The summed E-state index contributed by atoms with van der Waals surface area (Å²) < 4.78 is 3.19. The first kappa shape index (κ1) is 36.5. The summed E-state index contributed by atoms with van der Waals surface area (Å²) in [6.07, 6.45) is 0. The van der Waals surface area contributed by atoms with E-state index in [9.17, 15) is 0 Å². The smallest absolute Gasteiger partial charge is 0.550 e. The molecule has 0 atom stereocenters. The second-order valence-corrected chi connectivity index (χ2v) is 2.49. The number of carbonyl (C=O) groups excluding carboxylic acids is 4. The molecule has 0 aromatic rings. The summed E-state index contributed by atoms with van der Waals surface area (Å²) in [5, 5.41) is 35.6. The molecule has 116 valence electrons. The van der Waals surface area contributed by atoms with Crippen LogP contribution in [0.1, 0.15) is 27.7 Å². The van der Waals surface area contributed by atoms with E-state index in [-0.39, 0.29) is 26.2 Å². The Morgan fingerprint density at radius 3 is 0.650 bits per heavy atom. The Morgan fingerprint density at radius 2 is 0.650 bits per heavy atom. The van der Waals surface area contributed by atoms with E-state index in [2.05, 4.69) is 27.6 Å². The summed E-state index contributed by atoms with van der Waals surface area (Å²) in [5.74, 6) is -4.33. The molecule has 9 nitrogen and oxygen atoms in total. The second-order valence-electron chi connectivity index (χ2n) is 2.02. The van der Waals surface area contributed by atoms with Gasteiger partial charge in [0, 0.05) is 23.9 Å². The van der Waals surface area contributed by atoms with Crippen molar-refractivity contribution >= 4 is 47.6 Å². The molecule has 0 radical (unpaired) electrons. The minimum atomic E-state index is -1.08. The molecule has 0 spiro atoms. The summed E-state index contributed by atoms with van der Waals surface area (Å²) in [4.78, 5) is 35.6. The van der Waals surface area contributed by atoms with Crippen LogP contribution in [-0.2, 0) is 49.2 Å². The van der Waals surface area contributed by atoms with Crippen LogP contribution in [0.5, 0.6) is 0 Å². The van der Waals surface area contributed by atoms with Gasteiger partial charge in [0.15, 0.2) is 0 Å². The quantitative estimate of drug-likeness (QED) is 0.387. The van der Waals surface area contributed by atoms with Crippen molar-refractivity contribution in [3.63, 3.8) is 0 Å². The fourth-order valence-corrected chi connectivity index (χ4v) is 0. The van der Waals surface area contributed by atoms with Crippen molar-refractivity contribution in [3.05, 3.63) is 0 Å². The van der Waals surface area contributed by atoms with Gasteiger partial charge in [-0.05, 0) is 27.7 Å². The van der Waals surface area contributed by atoms with Gasteiger partial charge >= 0.3 is 26.2 Å². The first-order chi connectivity index (χ1) is 8.34. The number of carboxylic acid groups (broad SMARTS) is 4. The van der Waals surface area contributed by atoms with Gasteiger partial charge in [0.05, 0.1) is 23.7 Å². The number of hydrogen-bond donors (Lipinski definition) is 0. The van der Waals surface area contributed by atoms with Gasteiger partial charge in [-0.2, -0.15) is 3.84 Å². The summed E-state index contributed by atoms with van der Waals surface area (Å²) in [6.45, 7) is 3.89. The maximum Gasteiger partial charge on any atom is 4.00 e. The normalized spacial score (nSPS) is 5.90. The molecule has 0 aromatic carbocycles. The molecule has 0 heterocycles. The zero-order valence-electron chi connectivity index (χ0n) is 10.9. The van der Waals surface area contributed by atoms with E-state index in [0.29, 0.717) is 0 Å². The first-order valence-electron chi connectivity index (χ1n) is 3.94. The summed E-state index contributed by atoms with van der Waals surface area (Å²) in [6, 6.07) is 0. The summed E-state index contributed by atoms with van der Waals surface area (Å²) in [5.41, 5.74) is 0. The Morgan fingerprint density at radius 1 is 0.650 bits per heavy atom. The molecule has 12 heteroatoms. The maximum absolute atomic E-state index is 8.89. The molecule has 20 heavy (non-hydrogen) atoms. The molecule has 0 saturated heterocycles. The maximum atomic E-state index is 8.89. The van der Waals surface area contributed by atoms with Crippen LogP contribution >= 0.6 is 23.7 Å². The van der Waals surface area contributed by atoms with E-state index < -0.39 is 23.9 Å². The molecule has 0 aliphatic carbocycles. The first-order valence-corrected chi connectivity index (χ1v) is 4.56. The minimum Gasteiger partial charge on any atom is -0.550 e. The van der Waals surface area contributed by atoms with Gasteiger partial charge in [0.25, 0.3) is 0 Å². The van der Waals surface area contributed by atoms with Gasteiger partial charge in [0.2, 0.25) is 0 Å². The van der Waals surface area contributed by atoms with Crippen LogP contribution in [-0.4, -0.2) is 23.9 Å². The molecule has 0 bridgehead atoms. The third-order valence-corrected chi connectivity index (χ3v) is 0. The molecule has 0 unspecified atom stereocenters. The predicted octanol–water partition coefficient (Wildman–Crippen LogP) is -3.67. The third-order valence-electron chi connectivity index (χ3n) is 0. The van der Waals surface area contributed by atoms with E-state index in [1.807, 2.05) is 0 Å². The molecular weight excluding hydrogens is 402 g/mol. The molecule has 0 aliphatic rings. The van der Waals surface area contributed by atoms with Gasteiger partial charge in [-0.1, -0.05) is 0 Å². The number of carboxylic acids is 4. The van der Waals surface area contributed by atoms with Gasteiger partial charge in [0.1, 0.15) is 0 Å². The average molecular weight is 414 g/mol. The number of hydrogen-bond acceptors (Lipinski definition) is 9. The molecule has 0 aliphatic heterocycles. The largest absolute Gasteiger partial charge is 4.00 e. The number of halogens is 2. The topological polar surface area (TPSA) is 170 Å². The zero-order valence-corrected chi connectivity index (χ0v) is 14.9. The van der Waals surface area contributed by atoms with Crippen molar-refractivity contribution in [2.24, 2.45) is 0 Å². The van der Waals surface area contributed by atoms with Crippen molar-refractivity contribution in [1.82, 2.24) is 0 Å². The molecule has 0 fully saturated rings. The van der Waals surface area contributed by atoms with Crippen LogP contribution in [0.3, 0.4) is 0 Å². The van der Waals surface area contributed by atoms with Crippen molar-refractivity contribution in [2.45, 2.75) is 27.7 Å². The molecule has 0 amide bonds. The number of aliphatic carboxylic acids is 4. The Labute approximate surface area is 144 Å². The monoisotopic (exact) mass is 412 g/mol. The zero-order chi connectivity index (χ0) is 17.0. The van der Waals surface area contributed by atoms with Gasteiger partial charge in [-0.15, -0.1) is 0 Å². The standard InChI is InChI=1S/4C2H4O2.Cl2O.Zr/c4*1-2(3)4;1-3-2;/h4*1H3,(H,3,4);;/q;;;;;+4/p-4. The Balaban J connectivity index is -0.0000000304. The fraction of sp³-hybridized carbons (Fsp3) is 0.500. The molecule has 0 saturated carbocycles. The fourth-order valence-electron chi connectivity index (χ4n) is 0. The van der Waals surface area contributed by atoms with Crippen molar-refractivity contribution in [2.75, 3.05) is 0 Å². The van der Waals surface area contributed by atoms with E-state index in [0.717, 1.165) is 27.7 Å². The second kappa shape index (κ2) is 36.2. The van der Waals surface area contributed by atoms with Crippen LogP contribution in [0.15, 0.2) is 0 Å². The van der Waals surface area contributed by atoms with E-state index >= 15 is 0 Å². The van der Waals surface area contributed by atoms with Crippen molar-refractivity contribution in [1.29, 1.82) is 0 Å². The predicted molar refractivity (Wildman–Crippen MR) is 55.5 cm³/mol.